The van der Waals surface area contributed by atoms with E-state index in [4.69, 9.17) is 0 Å². The number of para-hydroxylation sites is 1. The highest BCUT2D eigenvalue weighted by molar-refractivity contribution is 7.99. The second-order valence-electron chi connectivity index (χ2n) is 6.78. The smallest absolute Gasteiger partial charge is 0.160 e. The van der Waals surface area contributed by atoms with E-state index >= 15 is 0 Å². The number of hydrogen-bond acceptors (Lipinski definition) is 6. The minimum absolute atomic E-state index is 0.814. The van der Waals surface area contributed by atoms with Crippen LogP contribution in [0.25, 0.3) is 21.6 Å². The number of benzene rings is 1. The van der Waals surface area contributed by atoms with Gasteiger partial charge in [-0.3, -0.25) is 9.62 Å². The molecule has 0 spiro atoms. The number of H-pyrrole nitrogens is 1. The molecule has 9 heteroatoms. The van der Waals surface area contributed by atoms with E-state index in [0.29, 0.717) is 0 Å². The zero-order chi connectivity index (χ0) is 19.6. The molecule has 0 saturated carbocycles. The van der Waals surface area contributed by atoms with Crippen molar-refractivity contribution in [3.63, 3.8) is 0 Å². The van der Waals surface area contributed by atoms with Crippen molar-refractivity contribution < 1.29 is 4.21 Å². The van der Waals surface area contributed by atoms with Gasteiger partial charge in [-0.05, 0) is 23.6 Å². The summed E-state index contributed by atoms with van der Waals surface area (Å²) in [5, 5.41) is 4.01. The molecule has 5 rings (SSSR count). The molecule has 1 atom stereocenters. The Morgan fingerprint density at radius 3 is 2.93 bits per heavy atom. The summed E-state index contributed by atoms with van der Waals surface area (Å²) in [4.78, 5) is 11.9. The minimum atomic E-state index is -1.27. The molecule has 1 unspecified atom stereocenters. The first-order valence-corrected chi connectivity index (χ1v) is 13.4. The first-order valence-electron chi connectivity index (χ1n) is 9.35. The highest BCUT2D eigenvalue weighted by atomic mass is 32.2. The van der Waals surface area contributed by atoms with E-state index < -0.39 is 11.0 Å². The summed E-state index contributed by atoms with van der Waals surface area (Å²) in [6, 6.07) is 11.9. The van der Waals surface area contributed by atoms with E-state index in [1.807, 2.05) is 47.6 Å². The van der Waals surface area contributed by atoms with Crippen LogP contribution in [0, 0.1) is 0 Å². The maximum Gasteiger partial charge on any atom is 0.160 e. The number of nitrogens with one attached hydrogen (secondary N) is 2. The Bertz CT molecular complexity index is 1130. The monoisotopic (exact) mass is 460 g/mol. The molecule has 3 aromatic heterocycles. The Kier molecular flexibility index (Phi) is 5.74. The van der Waals surface area contributed by atoms with Crippen LogP contribution in [-0.2, 0) is 17.5 Å². The van der Waals surface area contributed by atoms with E-state index in [0.717, 1.165) is 51.1 Å². The summed E-state index contributed by atoms with van der Waals surface area (Å²) in [7, 11) is -1.27. The first kappa shape index (κ1) is 19.3. The standard InChI is InChI=1S/C20H20N4OS4/c25-29(18-5-2-8-27-18)23-16-4-1-3-14-11-17(22-19(14)16)20-21-12-15(28-20)13-24-6-9-26-10-7-24/h1-5,8,11-12,22-23H,6-7,9-10,13H2. The van der Waals surface area contributed by atoms with Gasteiger partial charge in [0.2, 0.25) is 0 Å². The maximum atomic E-state index is 12.6. The summed E-state index contributed by atoms with van der Waals surface area (Å²) < 4.78 is 16.5. The molecule has 1 aliphatic heterocycles. The van der Waals surface area contributed by atoms with Crippen molar-refractivity contribution in [3.05, 3.63) is 52.9 Å². The molecule has 1 aromatic carbocycles. The molecule has 5 nitrogen and oxygen atoms in total. The van der Waals surface area contributed by atoms with Crippen molar-refractivity contribution in [2.24, 2.45) is 0 Å². The molecule has 0 bridgehead atoms. The normalized spacial score (nSPS) is 16.3. The molecular weight excluding hydrogens is 441 g/mol. The zero-order valence-corrected chi connectivity index (χ0v) is 18.9. The third-order valence-corrected chi connectivity index (χ3v) is 9.07. The summed E-state index contributed by atoms with van der Waals surface area (Å²) >= 11 is 5.26. The molecule has 150 valence electrons. The van der Waals surface area contributed by atoms with Crippen molar-refractivity contribution >= 4 is 62.0 Å². The summed E-state index contributed by atoms with van der Waals surface area (Å²) in [5.74, 6) is 2.44. The van der Waals surface area contributed by atoms with Crippen LogP contribution in [0.5, 0.6) is 0 Å². The van der Waals surface area contributed by atoms with Gasteiger partial charge in [0.15, 0.2) is 11.0 Å². The fourth-order valence-corrected chi connectivity index (χ4v) is 7.03. The average molecular weight is 461 g/mol. The summed E-state index contributed by atoms with van der Waals surface area (Å²) in [5.41, 5.74) is 2.79. The van der Waals surface area contributed by atoms with Gasteiger partial charge in [0.25, 0.3) is 0 Å². The minimum Gasteiger partial charge on any atom is -0.351 e. The fraction of sp³-hybridized carbons (Fsp3) is 0.250. The molecule has 0 amide bonds. The number of thioether (sulfide) groups is 1. The average Bonchev–Trinajstić information content (AvgIpc) is 3.49. The van der Waals surface area contributed by atoms with Gasteiger partial charge in [0.05, 0.1) is 16.9 Å². The van der Waals surface area contributed by atoms with Crippen molar-refractivity contribution in [1.82, 2.24) is 14.9 Å². The summed E-state index contributed by atoms with van der Waals surface area (Å²) in [6.45, 7) is 3.28. The van der Waals surface area contributed by atoms with Crippen LogP contribution >= 0.6 is 34.4 Å². The van der Waals surface area contributed by atoms with Gasteiger partial charge in [0.1, 0.15) is 9.22 Å². The van der Waals surface area contributed by atoms with Gasteiger partial charge in [-0.1, -0.05) is 18.2 Å². The first-order chi connectivity index (χ1) is 14.3. The number of thiophene rings is 1. The Balaban J connectivity index is 1.38. The largest absolute Gasteiger partial charge is 0.351 e. The lowest BCUT2D eigenvalue weighted by Crippen LogP contribution is -2.31. The summed E-state index contributed by atoms with van der Waals surface area (Å²) in [6.07, 6.45) is 2.00. The number of aromatic nitrogens is 2. The van der Waals surface area contributed by atoms with Crippen LogP contribution in [0.3, 0.4) is 0 Å². The quantitative estimate of drug-likeness (QED) is 0.423. The van der Waals surface area contributed by atoms with E-state index in [1.165, 1.54) is 27.7 Å². The Labute approximate surface area is 184 Å². The number of rotatable bonds is 6. The Morgan fingerprint density at radius 2 is 2.10 bits per heavy atom. The predicted octanol–water partition coefficient (Wildman–Crippen LogP) is 5.04. The third-order valence-electron chi connectivity index (χ3n) is 4.80. The van der Waals surface area contributed by atoms with Crippen molar-refractivity contribution in [3.8, 4) is 10.7 Å². The van der Waals surface area contributed by atoms with Crippen molar-refractivity contribution in [1.29, 1.82) is 0 Å². The molecule has 1 fully saturated rings. The zero-order valence-electron chi connectivity index (χ0n) is 15.6. The number of fused-ring (bicyclic) bond motifs is 1. The van der Waals surface area contributed by atoms with Crippen LogP contribution in [-0.4, -0.2) is 43.7 Å². The van der Waals surface area contributed by atoms with Crippen LogP contribution in [0.4, 0.5) is 5.69 Å². The Hall–Kier alpha value is -1.65. The highest BCUT2D eigenvalue weighted by Gasteiger charge is 2.15. The van der Waals surface area contributed by atoms with Crippen LogP contribution in [0.1, 0.15) is 4.88 Å². The molecule has 2 N–H and O–H groups in total. The lowest BCUT2D eigenvalue weighted by molar-refractivity contribution is 0.297. The molecule has 1 aliphatic rings. The van der Waals surface area contributed by atoms with Crippen molar-refractivity contribution in [2.75, 3.05) is 29.3 Å². The SMILES string of the molecule is O=S(Nc1cccc2cc(-c3ncc(CN4CCSCC4)s3)[nH]c12)c1cccs1. The second-order valence-corrected chi connectivity index (χ2v) is 11.5. The van der Waals surface area contributed by atoms with Crippen LogP contribution in [0.2, 0.25) is 0 Å². The second kappa shape index (κ2) is 8.61. The highest BCUT2D eigenvalue weighted by Crippen LogP contribution is 2.32. The van der Waals surface area contributed by atoms with Gasteiger partial charge in [-0.15, -0.1) is 22.7 Å². The number of anilines is 1. The Morgan fingerprint density at radius 1 is 1.21 bits per heavy atom. The van der Waals surface area contributed by atoms with Crippen LogP contribution in [0.15, 0.2) is 52.2 Å². The topological polar surface area (TPSA) is 61.0 Å². The van der Waals surface area contributed by atoms with Crippen molar-refractivity contribution in [2.45, 2.75) is 10.8 Å². The molecule has 0 aliphatic carbocycles. The molecule has 29 heavy (non-hydrogen) atoms. The molecule has 0 radical (unpaired) electrons. The van der Waals surface area contributed by atoms with Gasteiger partial charge < -0.3 is 4.98 Å². The molecule has 4 heterocycles. The fourth-order valence-electron chi connectivity index (χ4n) is 3.36. The van der Waals surface area contributed by atoms with E-state index in [2.05, 4.69) is 31.7 Å². The van der Waals surface area contributed by atoms with E-state index in [9.17, 15) is 4.21 Å². The maximum absolute atomic E-state index is 12.6. The molecular formula is C20H20N4OS4. The van der Waals surface area contributed by atoms with E-state index in [1.54, 1.807) is 11.3 Å². The number of nitrogens with zero attached hydrogens (tertiary/aromatic N) is 2. The van der Waals surface area contributed by atoms with Gasteiger partial charge >= 0.3 is 0 Å². The van der Waals surface area contributed by atoms with E-state index in [-0.39, 0.29) is 0 Å². The van der Waals surface area contributed by atoms with Gasteiger partial charge in [-0.25, -0.2) is 9.19 Å². The molecule has 1 saturated heterocycles. The van der Waals surface area contributed by atoms with Gasteiger partial charge in [-0.2, -0.15) is 11.8 Å². The van der Waals surface area contributed by atoms with Gasteiger partial charge in [0, 0.05) is 47.6 Å². The number of hydrogen-bond donors (Lipinski definition) is 2. The van der Waals surface area contributed by atoms with Crippen LogP contribution < -0.4 is 4.72 Å². The lowest BCUT2D eigenvalue weighted by atomic mass is 10.2. The molecule has 4 aromatic rings. The number of aromatic amines is 1. The predicted molar refractivity (Wildman–Crippen MR) is 126 cm³/mol. The lowest BCUT2D eigenvalue weighted by Gasteiger charge is -2.25. The number of thiazole rings is 1. The third kappa shape index (κ3) is 4.29.